The smallest absolute Gasteiger partial charge is 0.225 e. The van der Waals surface area contributed by atoms with Crippen LogP contribution < -0.4 is 10.2 Å². The molecule has 2 aliphatic rings. The van der Waals surface area contributed by atoms with Crippen LogP contribution in [0.4, 0.5) is 5.95 Å². The lowest BCUT2D eigenvalue weighted by molar-refractivity contribution is -0.125. The molecule has 19 heavy (non-hydrogen) atoms. The third kappa shape index (κ3) is 3.15. The van der Waals surface area contributed by atoms with Gasteiger partial charge in [0.05, 0.1) is 17.4 Å². The van der Waals surface area contributed by atoms with Crippen molar-refractivity contribution in [3.63, 3.8) is 0 Å². The monoisotopic (exact) mass is 280 g/mol. The topological polar surface area (TPSA) is 58.1 Å². The van der Waals surface area contributed by atoms with Crippen molar-refractivity contribution in [3.8, 4) is 0 Å². The van der Waals surface area contributed by atoms with E-state index in [9.17, 15) is 4.79 Å². The molecule has 0 unspecified atom stereocenters. The number of rotatable bonds is 3. The first-order valence-electron chi connectivity index (χ1n) is 6.75. The van der Waals surface area contributed by atoms with Crippen molar-refractivity contribution in [3.05, 3.63) is 17.4 Å². The molecule has 2 fully saturated rings. The standard InChI is InChI=1S/C13H17ClN4O/c14-10-7-15-13(16-8-10)18-5-3-9(4-6-18)12(19)17-11-1-2-11/h7-9,11H,1-6H2,(H,17,19). The van der Waals surface area contributed by atoms with Gasteiger partial charge in [-0.3, -0.25) is 4.79 Å². The first-order chi connectivity index (χ1) is 9.22. The Morgan fingerprint density at radius 2 is 1.84 bits per heavy atom. The number of nitrogens with zero attached hydrogens (tertiary/aromatic N) is 3. The number of hydrogen-bond acceptors (Lipinski definition) is 4. The van der Waals surface area contributed by atoms with Crippen molar-refractivity contribution in [1.82, 2.24) is 15.3 Å². The summed E-state index contributed by atoms with van der Waals surface area (Å²) in [5.41, 5.74) is 0. The highest BCUT2D eigenvalue weighted by atomic mass is 35.5. The lowest BCUT2D eigenvalue weighted by Gasteiger charge is -2.31. The summed E-state index contributed by atoms with van der Waals surface area (Å²) in [5.74, 6) is 1.06. The lowest BCUT2D eigenvalue weighted by Crippen LogP contribution is -2.41. The number of carbonyl (C=O) groups excluding carboxylic acids is 1. The highest BCUT2D eigenvalue weighted by Crippen LogP contribution is 2.24. The third-order valence-electron chi connectivity index (χ3n) is 3.68. The summed E-state index contributed by atoms with van der Waals surface area (Å²) >= 11 is 5.77. The van der Waals surface area contributed by atoms with Gasteiger partial charge in [0.1, 0.15) is 0 Å². The molecule has 0 atom stereocenters. The summed E-state index contributed by atoms with van der Waals surface area (Å²) in [5, 5.41) is 3.62. The van der Waals surface area contributed by atoms with Crippen molar-refractivity contribution < 1.29 is 4.79 Å². The SMILES string of the molecule is O=C(NC1CC1)C1CCN(c2ncc(Cl)cn2)CC1. The molecular weight excluding hydrogens is 264 g/mol. The Kier molecular flexibility index (Phi) is 3.55. The highest BCUT2D eigenvalue weighted by Gasteiger charge is 2.30. The lowest BCUT2D eigenvalue weighted by atomic mass is 9.96. The third-order valence-corrected chi connectivity index (χ3v) is 3.87. The largest absolute Gasteiger partial charge is 0.353 e. The van der Waals surface area contributed by atoms with Gasteiger partial charge in [0.25, 0.3) is 0 Å². The van der Waals surface area contributed by atoms with Gasteiger partial charge in [-0.1, -0.05) is 11.6 Å². The van der Waals surface area contributed by atoms with Gasteiger partial charge in [0, 0.05) is 25.0 Å². The molecule has 5 nitrogen and oxygen atoms in total. The quantitative estimate of drug-likeness (QED) is 0.914. The number of amides is 1. The number of piperidine rings is 1. The van der Waals surface area contributed by atoms with E-state index in [0.29, 0.717) is 17.0 Å². The van der Waals surface area contributed by atoms with Crippen LogP contribution in [0.15, 0.2) is 12.4 Å². The van der Waals surface area contributed by atoms with Crippen LogP contribution in [-0.4, -0.2) is 35.0 Å². The van der Waals surface area contributed by atoms with Gasteiger partial charge in [0.2, 0.25) is 11.9 Å². The van der Waals surface area contributed by atoms with Crippen LogP contribution in [0.25, 0.3) is 0 Å². The maximum absolute atomic E-state index is 12.0. The van der Waals surface area contributed by atoms with E-state index >= 15 is 0 Å². The summed E-state index contributed by atoms with van der Waals surface area (Å²) in [6.45, 7) is 1.65. The molecule has 0 radical (unpaired) electrons. The molecule has 0 spiro atoms. The molecule has 0 bridgehead atoms. The van der Waals surface area contributed by atoms with E-state index in [2.05, 4.69) is 20.2 Å². The van der Waals surface area contributed by atoms with Gasteiger partial charge in [-0.15, -0.1) is 0 Å². The first kappa shape index (κ1) is 12.7. The summed E-state index contributed by atoms with van der Waals surface area (Å²) in [6, 6.07) is 0.449. The minimum Gasteiger partial charge on any atom is -0.353 e. The van der Waals surface area contributed by atoms with Crippen LogP contribution in [0.3, 0.4) is 0 Å². The summed E-state index contributed by atoms with van der Waals surface area (Å²) in [4.78, 5) is 22.5. The zero-order chi connectivity index (χ0) is 13.2. The van der Waals surface area contributed by atoms with Crippen molar-refractivity contribution in [2.45, 2.75) is 31.7 Å². The molecule has 1 aromatic rings. The average Bonchev–Trinajstić information content (AvgIpc) is 3.24. The summed E-state index contributed by atoms with van der Waals surface area (Å²) < 4.78 is 0. The van der Waals surface area contributed by atoms with E-state index < -0.39 is 0 Å². The number of anilines is 1. The van der Waals surface area contributed by atoms with Crippen molar-refractivity contribution in [2.75, 3.05) is 18.0 Å². The fraction of sp³-hybridized carbons (Fsp3) is 0.615. The Labute approximate surface area is 117 Å². The Bertz CT molecular complexity index is 452. The van der Waals surface area contributed by atoms with Gasteiger partial charge < -0.3 is 10.2 Å². The van der Waals surface area contributed by atoms with Crippen molar-refractivity contribution in [1.29, 1.82) is 0 Å². The molecule has 1 N–H and O–H groups in total. The van der Waals surface area contributed by atoms with Crippen LogP contribution in [0.1, 0.15) is 25.7 Å². The zero-order valence-corrected chi connectivity index (χ0v) is 11.4. The zero-order valence-electron chi connectivity index (χ0n) is 10.7. The van der Waals surface area contributed by atoms with Crippen molar-refractivity contribution >= 4 is 23.5 Å². The van der Waals surface area contributed by atoms with E-state index in [1.165, 1.54) is 0 Å². The highest BCUT2D eigenvalue weighted by molar-refractivity contribution is 6.30. The molecule has 3 rings (SSSR count). The maximum atomic E-state index is 12.0. The molecular formula is C13H17ClN4O. The van der Waals surface area contributed by atoms with Crippen LogP contribution in [0, 0.1) is 5.92 Å². The molecule has 102 valence electrons. The van der Waals surface area contributed by atoms with Gasteiger partial charge in [-0.2, -0.15) is 0 Å². The molecule has 1 saturated carbocycles. The Hall–Kier alpha value is -1.36. The first-order valence-corrected chi connectivity index (χ1v) is 7.13. The number of carbonyl (C=O) groups is 1. The minimum absolute atomic E-state index is 0.143. The second kappa shape index (κ2) is 5.33. The predicted octanol–water partition coefficient (Wildman–Crippen LogP) is 1.62. The second-order valence-electron chi connectivity index (χ2n) is 5.25. The summed E-state index contributed by atoms with van der Waals surface area (Å²) in [6.07, 6.45) is 7.23. The van der Waals surface area contributed by atoms with E-state index in [-0.39, 0.29) is 11.8 Å². The van der Waals surface area contributed by atoms with Crippen LogP contribution in [0.2, 0.25) is 5.02 Å². The summed E-state index contributed by atoms with van der Waals surface area (Å²) in [7, 11) is 0. The van der Waals surface area contributed by atoms with Crippen LogP contribution in [-0.2, 0) is 4.79 Å². The van der Waals surface area contributed by atoms with Gasteiger partial charge >= 0.3 is 0 Å². The Morgan fingerprint density at radius 3 is 2.42 bits per heavy atom. The van der Waals surface area contributed by atoms with Crippen LogP contribution >= 0.6 is 11.6 Å². The molecule has 1 saturated heterocycles. The fourth-order valence-corrected chi connectivity index (χ4v) is 2.45. The molecule has 0 aromatic carbocycles. The average molecular weight is 281 g/mol. The Morgan fingerprint density at radius 1 is 1.21 bits per heavy atom. The number of aromatic nitrogens is 2. The molecule has 2 heterocycles. The second-order valence-corrected chi connectivity index (χ2v) is 5.68. The molecule has 1 aromatic heterocycles. The van der Waals surface area contributed by atoms with E-state index in [1.54, 1.807) is 12.4 Å². The van der Waals surface area contributed by atoms with Gasteiger partial charge in [-0.05, 0) is 25.7 Å². The van der Waals surface area contributed by atoms with E-state index in [4.69, 9.17) is 11.6 Å². The van der Waals surface area contributed by atoms with Crippen LogP contribution in [0.5, 0.6) is 0 Å². The van der Waals surface area contributed by atoms with Gasteiger partial charge in [0.15, 0.2) is 0 Å². The molecule has 6 heteroatoms. The molecule has 1 aliphatic heterocycles. The minimum atomic E-state index is 0.143. The van der Waals surface area contributed by atoms with E-state index in [1.807, 2.05) is 0 Å². The number of hydrogen-bond donors (Lipinski definition) is 1. The van der Waals surface area contributed by atoms with Crippen molar-refractivity contribution in [2.24, 2.45) is 5.92 Å². The van der Waals surface area contributed by atoms with E-state index in [0.717, 1.165) is 38.8 Å². The Balaban J connectivity index is 1.53. The molecule has 1 amide bonds. The number of halogens is 1. The number of nitrogens with one attached hydrogen (secondary N) is 1. The normalized spacial score (nSPS) is 20.4. The predicted molar refractivity (Wildman–Crippen MR) is 73.1 cm³/mol. The molecule has 1 aliphatic carbocycles. The maximum Gasteiger partial charge on any atom is 0.225 e. The van der Waals surface area contributed by atoms with Gasteiger partial charge in [-0.25, -0.2) is 9.97 Å². The fourth-order valence-electron chi connectivity index (χ4n) is 2.36.